The molecule has 4 heteroatoms. The van der Waals surface area contributed by atoms with Crippen LogP contribution in [0.4, 0.5) is 0 Å². The summed E-state index contributed by atoms with van der Waals surface area (Å²) in [6.45, 7) is 1.95. The third-order valence-electron chi connectivity index (χ3n) is 2.37. The molecule has 0 fully saturated rings. The quantitative estimate of drug-likeness (QED) is 0.850. The summed E-state index contributed by atoms with van der Waals surface area (Å²) < 4.78 is 4.92. The molecule has 0 aliphatic heterocycles. The van der Waals surface area contributed by atoms with E-state index in [2.05, 4.69) is 15.9 Å². The van der Waals surface area contributed by atoms with Crippen LogP contribution in [-0.2, 0) is 15.1 Å². The van der Waals surface area contributed by atoms with Gasteiger partial charge in [0.2, 0.25) is 0 Å². The van der Waals surface area contributed by atoms with Gasteiger partial charge in [0.1, 0.15) is 0 Å². The average Bonchev–Trinajstić information content (AvgIpc) is 2.37. The van der Waals surface area contributed by atoms with Crippen LogP contribution in [0.2, 0.25) is 0 Å². The van der Waals surface area contributed by atoms with Crippen molar-refractivity contribution in [2.45, 2.75) is 18.9 Å². The van der Waals surface area contributed by atoms with Gasteiger partial charge in [-0.2, -0.15) is 0 Å². The number of rotatable bonds is 5. The fourth-order valence-electron chi connectivity index (χ4n) is 1.50. The lowest BCUT2D eigenvalue weighted by atomic mass is 9.90. The summed E-state index contributed by atoms with van der Waals surface area (Å²) in [5, 5.41) is 10.5. The number of hydrogen-bond acceptors (Lipinski definition) is 3. The lowest BCUT2D eigenvalue weighted by Crippen LogP contribution is -2.37. The van der Waals surface area contributed by atoms with Crippen molar-refractivity contribution in [1.29, 1.82) is 0 Å². The Balaban J connectivity index is 3.05. The highest BCUT2D eigenvalue weighted by atomic mass is 79.9. The number of esters is 1. The van der Waals surface area contributed by atoms with Crippen molar-refractivity contribution in [3.05, 3.63) is 47.0 Å². The second-order valence-corrected chi connectivity index (χ2v) is 4.04. The number of carbonyl (C=O) groups excluding carboxylic acids is 1. The standard InChI is InChI=1S/C13H15BrO3/c1-2-17-12(15)13(16,9-6-10-14)11-7-4-3-5-8-11/h3-8,10,16H,2,9H2,1H3/b10-6+. The van der Waals surface area contributed by atoms with Gasteiger partial charge >= 0.3 is 5.97 Å². The smallest absolute Gasteiger partial charge is 0.343 e. The third-order valence-corrected chi connectivity index (χ3v) is 2.74. The van der Waals surface area contributed by atoms with Gasteiger partial charge in [-0.1, -0.05) is 52.3 Å². The Labute approximate surface area is 109 Å². The molecule has 0 radical (unpaired) electrons. The van der Waals surface area contributed by atoms with E-state index in [4.69, 9.17) is 4.74 Å². The van der Waals surface area contributed by atoms with Crippen molar-refractivity contribution in [3.63, 3.8) is 0 Å². The van der Waals surface area contributed by atoms with Crippen molar-refractivity contribution in [2.24, 2.45) is 0 Å². The maximum absolute atomic E-state index is 11.8. The molecule has 1 aromatic rings. The minimum atomic E-state index is -1.62. The van der Waals surface area contributed by atoms with E-state index in [1.165, 1.54) is 0 Å². The van der Waals surface area contributed by atoms with Gasteiger partial charge in [-0.3, -0.25) is 0 Å². The Bertz CT molecular complexity index is 389. The summed E-state index contributed by atoms with van der Waals surface area (Å²) in [6, 6.07) is 8.79. The number of ether oxygens (including phenoxy) is 1. The molecule has 0 heterocycles. The van der Waals surface area contributed by atoms with Crippen LogP contribution in [0.1, 0.15) is 18.9 Å². The lowest BCUT2D eigenvalue weighted by Gasteiger charge is -2.24. The highest BCUT2D eigenvalue weighted by Crippen LogP contribution is 2.27. The summed E-state index contributed by atoms with van der Waals surface area (Å²) in [6.07, 6.45) is 1.84. The number of carbonyl (C=O) groups is 1. The second-order valence-electron chi connectivity index (χ2n) is 3.51. The molecule has 0 saturated carbocycles. The van der Waals surface area contributed by atoms with Crippen LogP contribution in [0.5, 0.6) is 0 Å². The Morgan fingerprint density at radius 1 is 1.47 bits per heavy atom. The minimum absolute atomic E-state index is 0.168. The molecule has 1 rings (SSSR count). The third kappa shape index (κ3) is 3.41. The summed E-state index contributed by atoms with van der Waals surface area (Å²) in [7, 11) is 0. The van der Waals surface area contributed by atoms with Gasteiger partial charge < -0.3 is 9.84 Å². The number of halogens is 1. The Hall–Kier alpha value is -1.13. The summed E-state index contributed by atoms with van der Waals surface area (Å²) in [4.78, 5) is 13.5. The summed E-state index contributed by atoms with van der Waals surface area (Å²) >= 11 is 3.12. The summed E-state index contributed by atoms with van der Waals surface area (Å²) in [5.74, 6) is -0.628. The molecule has 1 unspecified atom stereocenters. The molecule has 1 aromatic carbocycles. The molecule has 1 atom stereocenters. The molecule has 92 valence electrons. The number of hydrogen-bond donors (Lipinski definition) is 1. The van der Waals surface area contributed by atoms with Gasteiger partial charge in [0.25, 0.3) is 0 Å². The Morgan fingerprint density at radius 3 is 2.65 bits per heavy atom. The highest BCUT2D eigenvalue weighted by molar-refractivity contribution is 9.11. The zero-order valence-corrected chi connectivity index (χ0v) is 11.2. The van der Waals surface area contributed by atoms with E-state index in [1.54, 1.807) is 42.3 Å². The predicted octanol–water partition coefficient (Wildman–Crippen LogP) is 2.74. The number of benzene rings is 1. The van der Waals surface area contributed by atoms with Gasteiger partial charge in [0.15, 0.2) is 5.60 Å². The normalized spacial score (nSPS) is 14.5. The van der Waals surface area contributed by atoms with Crippen molar-refractivity contribution >= 4 is 21.9 Å². The maximum atomic E-state index is 11.8. The van der Waals surface area contributed by atoms with E-state index in [1.807, 2.05) is 6.07 Å². The van der Waals surface area contributed by atoms with E-state index < -0.39 is 11.6 Å². The van der Waals surface area contributed by atoms with Crippen LogP contribution in [-0.4, -0.2) is 17.7 Å². The fourth-order valence-corrected chi connectivity index (χ4v) is 1.69. The zero-order valence-electron chi connectivity index (χ0n) is 9.60. The van der Waals surface area contributed by atoms with Gasteiger partial charge in [-0.15, -0.1) is 0 Å². The molecular formula is C13H15BrO3. The van der Waals surface area contributed by atoms with Gasteiger partial charge in [0.05, 0.1) is 6.61 Å². The molecule has 0 aromatic heterocycles. The molecule has 0 aliphatic carbocycles. The van der Waals surface area contributed by atoms with E-state index in [0.717, 1.165) is 0 Å². The second kappa shape index (κ2) is 6.57. The Morgan fingerprint density at radius 2 is 2.12 bits per heavy atom. The van der Waals surface area contributed by atoms with Crippen LogP contribution in [0.25, 0.3) is 0 Å². The first-order valence-electron chi connectivity index (χ1n) is 5.35. The predicted molar refractivity (Wildman–Crippen MR) is 69.7 cm³/mol. The van der Waals surface area contributed by atoms with E-state index in [0.29, 0.717) is 5.56 Å². The Kier molecular flexibility index (Phi) is 5.38. The first kappa shape index (κ1) is 13.9. The monoisotopic (exact) mass is 298 g/mol. The fraction of sp³-hybridized carbons (Fsp3) is 0.308. The van der Waals surface area contributed by atoms with Crippen LogP contribution in [0.3, 0.4) is 0 Å². The van der Waals surface area contributed by atoms with Crippen LogP contribution in [0, 0.1) is 0 Å². The van der Waals surface area contributed by atoms with Crippen LogP contribution in [0.15, 0.2) is 41.4 Å². The van der Waals surface area contributed by atoms with E-state index >= 15 is 0 Å². The van der Waals surface area contributed by atoms with Gasteiger partial charge in [-0.25, -0.2) is 4.79 Å². The lowest BCUT2D eigenvalue weighted by molar-refractivity contribution is -0.166. The molecule has 0 aliphatic rings. The SMILES string of the molecule is CCOC(=O)C(O)(C/C=C/Br)c1ccccc1. The summed E-state index contributed by atoms with van der Waals surface area (Å²) in [5.41, 5.74) is -1.09. The van der Waals surface area contributed by atoms with E-state index in [-0.39, 0.29) is 13.0 Å². The first-order valence-corrected chi connectivity index (χ1v) is 6.27. The molecular weight excluding hydrogens is 284 g/mol. The molecule has 17 heavy (non-hydrogen) atoms. The molecule has 0 bridgehead atoms. The van der Waals surface area contributed by atoms with Gasteiger partial charge in [0, 0.05) is 6.42 Å². The topological polar surface area (TPSA) is 46.5 Å². The first-order chi connectivity index (χ1) is 8.15. The van der Waals surface area contributed by atoms with Crippen molar-refractivity contribution in [2.75, 3.05) is 6.61 Å². The van der Waals surface area contributed by atoms with Crippen LogP contribution < -0.4 is 0 Å². The van der Waals surface area contributed by atoms with Crippen LogP contribution >= 0.6 is 15.9 Å². The number of aliphatic hydroxyl groups is 1. The molecule has 3 nitrogen and oxygen atoms in total. The van der Waals surface area contributed by atoms with Crippen molar-refractivity contribution in [3.8, 4) is 0 Å². The largest absolute Gasteiger partial charge is 0.464 e. The van der Waals surface area contributed by atoms with Crippen molar-refractivity contribution < 1.29 is 14.6 Å². The zero-order chi connectivity index (χ0) is 12.7. The minimum Gasteiger partial charge on any atom is -0.464 e. The highest BCUT2D eigenvalue weighted by Gasteiger charge is 2.38. The molecule has 0 saturated heterocycles. The van der Waals surface area contributed by atoms with E-state index in [9.17, 15) is 9.90 Å². The molecule has 1 N–H and O–H groups in total. The average molecular weight is 299 g/mol. The maximum Gasteiger partial charge on any atom is 0.343 e. The van der Waals surface area contributed by atoms with Gasteiger partial charge in [-0.05, 0) is 17.5 Å². The van der Waals surface area contributed by atoms with Crippen molar-refractivity contribution in [1.82, 2.24) is 0 Å². The molecule has 0 spiro atoms. The molecule has 0 amide bonds.